The molecular formula is C13H22N2O4S. The second kappa shape index (κ2) is 6.11. The number of sulfone groups is 1. The number of carbonyl (C=O) groups is 2. The fraction of sp³-hybridized carbons (Fsp3) is 0.846. The second-order valence-electron chi connectivity index (χ2n) is 5.70. The molecule has 1 heterocycles. The molecule has 2 rings (SSSR count). The number of hydrogen-bond acceptors (Lipinski definition) is 4. The van der Waals surface area contributed by atoms with Crippen LogP contribution < -0.4 is 10.6 Å². The third-order valence-corrected chi connectivity index (χ3v) is 5.64. The lowest BCUT2D eigenvalue weighted by molar-refractivity contribution is -0.127. The van der Waals surface area contributed by atoms with Gasteiger partial charge in [0.1, 0.15) is 0 Å². The van der Waals surface area contributed by atoms with Crippen molar-refractivity contribution in [2.24, 2.45) is 11.8 Å². The van der Waals surface area contributed by atoms with Crippen LogP contribution in [0.4, 0.5) is 0 Å². The van der Waals surface area contributed by atoms with Crippen LogP contribution in [-0.2, 0) is 19.4 Å². The van der Waals surface area contributed by atoms with Crippen LogP contribution in [0, 0.1) is 11.8 Å². The minimum Gasteiger partial charge on any atom is -0.356 e. The van der Waals surface area contributed by atoms with Crippen molar-refractivity contribution in [3.05, 3.63) is 0 Å². The molecule has 114 valence electrons. The first-order chi connectivity index (χ1) is 9.43. The monoisotopic (exact) mass is 302 g/mol. The van der Waals surface area contributed by atoms with E-state index in [1.807, 2.05) is 0 Å². The Labute approximate surface area is 119 Å². The molecule has 2 aliphatic rings. The van der Waals surface area contributed by atoms with Crippen molar-refractivity contribution in [1.29, 1.82) is 0 Å². The summed E-state index contributed by atoms with van der Waals surface area (Å²) in [4.78, 5) is 23.7. The minimum atomic E-state index is -2.99. The molecule has 2 N–H and O–H groups in total. The molecule has 20 heavy (non-hydrogen) atoms. The maximum absolute atomic E-state index is 11.9. The Balaban J connectivity index is 1.72. The van der Waals surface area contributed by atoms with E-state index in [0.29, 0.717) is 19.4 Å². The minimum absolute atomic E-state index is 0.0266. The van der Waals surface area contributed by atoms with Gasteiger partial charge in [-0.25, -0.2) is 8.42 Å². The summed E-state index contributed by atoms with van der Waals surface area (Å²) in [5.41, 5.74) is 0. The van der Waals surface area contributed by atoms with Crippen molar-refractivity contribution >= 4 is 21.7 Å². The van der Waals surface area contributed by atoms with Gasteiger partial charge in [-0.1, -0.05) is 13.3 Å². The summed E-state index contributed by atoms with van der Waals surface area (Å²) < 4.78 is 22.6. The molecule has 0 aromatic rings. The quantitative estimate of drug-likeness (QED) is 0.667. The number of carbonyl (C=O) groups excluding carboxylic acids is 2. The molecule has 1 saturated carbocycles. The molecule has 0 aromatic carbocycles. The van der Waals surface area contributed by atoms with Crippen LogP contribution in [0.3, 0.4) is 0 Å². The smallest absolute Gasteiger partial charge is 0.224 e. The summed E-state index contributed by atoms with van der Waals surface area (Å²) in [6.07, 6.45) is 3.01. The lowest BCUT2D eigenvalue weighted by Crippen LogP contribution is -2.38. The molecule has 7 heteroatoms. The predicted octanol–water partition coefficient (Wildman–Crippen LogP) is -0.158. The highest BCUT2D eigenvalue weighted by Gasteiger charge is 2.48. The summed E-state index contributed by atoms with van der Waals surface area (Å²) in [6.45, 7) is 2.70. The third-order valence-electron chi connectivity index (χ3n) is 3.87. The number of amides is 2. The first-order valence-electron chi connectivity index (χ1n) is 7.21. The summed E-state index contributed by atoms with van der Waals surface area (Å²) in [6, 6.07) is -0.281. The van der Waals surface area contributed by atoms with Crippen molar-refractivity contribution in [3.8, 4) is 0 Å². The predicted molar refractivity (Wildman–Crippen MR) is 74.7 cm³/mol. The van der Waals surface area contributed by atoms with E-state index in [1.165, 1.54) is 0 Å². The summed E-state index contributed by atoms with van der Waals surface area (Å²) >= 11 is 0. The molecule has 0 spiro atoms. The molecular weight excluding hydrogens is 280 g/mol. The zero-order chi connectivity index (χ0) is 14.8. The maximum Gasteiger partial charge on any atom is 0.224 e. The van der Waals surface area contributed by atoms with Gasteiger partial charge in [0.25, 0.3) is 0 Å². The standard InChI is InChI=1S/C13H22N2O4S/c1-2-3-5-14-12(16)10-7-11(10)13(17)15-9-4-6-20(18,19)8-9/h9-11H,2-8H2,1H3,(H,14,16)(H,15,17). The van der Waals surface area contributed by atoms with Gasteiger partial charge in [0.2, 0.25) is 11.8 Å². The van der Waals surface area contributed by atoms with E-state index in [2.05, 4.69) is 17.6 Å². The van der Waals surface area contributed by atoms with Gasteiger partial charge >= 0.3 is 0 Å². The van der Waals surface area contributed by atoms with Gasteiger partial charge in [-0.15, -0.1) is 0 Å². The van der Waals surface area contributed by atoms with Crippen LogP contribution >= 0.6 is 0 Å². The van der Waals surface area contributed by atoms with E-state index in [0.717, 1.165) is 12.8 Å². The fourth-order valence-corrected chi connectivity index (χ4v) is 4.18. The average molecular weight is 302 g/mol. The number of nitrogens with one attached hydrogen (secondary N) is 2. The largest absolute Gasteiger partial charge is 0.356 e. The fourth-order valence-electron chi connectivity index (χ4n) is 2.51. The van der Waals surface area contributed by atoms with Crippen LogP contribution in [0.5, 0.6) is 0 Å². The van der Waals surface area contributed by atoms with Gasteiger partial charge in [-0.3, -0.25) is 9.59 Å². The van der Waals surface area contributed by atoms with E-state index in [1.54, 1.807) is 0 Å². The summed E-state index contributed by atoms with van der Waals surface area (Å²) in [5.74, 6) is -0.576. The van der Waals surface area contributed by atoms with Gasteiger partial charge < -0.3 is 10.6 Å². The van der Waals surface area contributed by atoms with E-state index < -0.39 is 9.84 Å². The van der Waals surface area contributed by atoms with Crippen LogP contribution in [-0.4, -0.2) is 44.3 Å². The molecule has 0 radical (unpaired) electrons. The van der Waals surface area contributed by atoms with Gasteiger partial charge in [-0.05, 0) is 19.3 Å². The molecule has 1 saturated heterocycles. The van der Waals surface area contributed by atoms with Crippen LogP contribution in [0.1, 0.15) is 32.6 Å². The van der Waals surface area contributed by atoms with E-state index in [4.69, 9.17) is 0 Å². The Morgan fingerprint density at radius 3 is 2.50 bits per heavy atom. The van der Waals surface area contributed by atoms with Gasteiger partial charge in [-0.2, -0.15) is 0 Å². The highest BCUT2D eigenvalue weighted by Crippen LogP contribution is 2.39. The average Bonchev–Trinajstić information content (AvgIpc) is 3.10. The molecule has 2 amide bonds. The number of unbranched alkanes of at least 4 members (excludes halogenated alkanes) is 1. The van der Waals surface area contributed by atoms with Gasteiger partial charge in [0, 0.05) is 12.6 Å². The Morgan fingerprint density at radius 1 is 1.20 bits per heavy atom. The van der Waals surface area contributed by atoms with Crippen LogP contribution in [0.2, 0.25) is 0 Å². The van der Waals surface area contributed by atoms with Crippen molar-refractivity contribution in [2.45, 2.75) is 38.6 Å². The lowest BCUT2D eigenvalue weighted by Gasteiger charge is -2.10. The number of hydrogen-bond donors (Lipinski definition) is 2. The van der Waals surface area contributed by atoms with Crippen molar-refractivity contribution in [3.63, 3.8) is 0 Å². The summed E-state index contributed by atoms with van der Waals surface area (Å²) in [5, 5.41) is 5.57. The normalized spacial score (nSPS) is 30.8. The lowest BCUT2D eigenvalue weighted by atomic mass is 10.2. The van der Waals surface area contributed by atoms with Gasteiger partial charge in [0.15, 0.2) is 9.84 Å². The van der Waals surface area contributed by atoms with Crippen molar-refractivity contribution in [1.82, 2.24) is 10.6 Å². The maximum atomic E-state index is 11.9. The van der Waals surface area contributed by atoms with Crippen LogP contribution in [0.15, 0.2) is 0 Å². The molecule has 6 nitrogen and oxygen atoms in total. The SMILES string of the molecule is CCCCNC(=O)C1CC1C(=O)NC1CCS(=O)(=O)C1. The zero-order valence-electron chi connectivity index (χ0n) is 11.7. The van der Waals surface area contributed by atoms with E-state index in [-0.39, 0.29) is 41.2 Å². The van der Waals surface area contributed by atoms with Gasteiger partial charge in [0.05, 0.1) is 23.3 Å². The first kappa shape index (κ1) is 15.3. The third kappa shape index (κ3) is 3.94. The Kier molecular flexibility index (Phi) is 4.67. The van der Waals surface area contributed by atoms with E-state index >= 15 is 0 Å². The molecule has 3 unspecified atom stereocenters. The second-order valence-corrected chi connectivity index (χ2v) is 7.93. The molecule has 0 aromatic heterocycles. The number of rotatable bonds is 6. The van der Waals surface area contributed by atoms with Crippen molar-refractivity contribution < 1.29 is 18.0 Å². The zero-order valence-corrected chi connectivity index (χ0v) is 12.5. The Hall–Kier alpha value is -1.11. The molecule has 1 aliphatic carbocycles. The molecule has 3 atom stereocenters. The highest BCUT2D eigenvalue weighted by atomic mass is 32.2. The highest BCUT2D eigenvalue weighted by molar-refractivity contribution is 7.91. The molecule has 1 aliphatic heterocycles. The summed E-state index contributed by atoms with van der Waals surface area (Å²) in [7, 11) is -2.99. The van der Waals surface area contributed by atoms with E-state index in [9.17, 15) is 18.0 Å². The Bertz CT molecular complexity index is 489. The first-order valence-corrected chi connectivity index (χ1v) is 9.03. The Morgan fingerprint density at radius 2 is 1.90 bits per heavy atom. The van der Waals surface area contributed by atoms with Crippen molar-refractivity contribution in [2.75, 3.05) is 18.1 Å². The topological polar surface area (TPSA) is 92.3 Å². The van der Waals surface area contributed by atoms with Crippen LogP contribution in [0.25, 0.3) is 0 Å². The molecule has 2 fully saturated rings. The molecule has 0 bridgehead atoms.